The van der Waals surface area contributed by atoms with Crippen molar-refractivity contribution in [2.24, 2.45) is 17.6 Å². The second-order valence-corrected chi connectivity index (χ2v) is 5.97. The molecule has 2 amide bonds. The van der Waals surface area contributed by atoms with Crippen LogP contribution in [0.25, 0.3) is 10.8 Å². The molecule has 1 aromatic carbocycles. The number of carbonyl (C=O) groups excluding carboxylic acids is 2. The second-order valence-electron chi connectivity index (χ2n) is 5.97. The third-order valence-electron chi connectivity index (χ3n) is 4.52. The number of nitrogens with zero attached hydrogens (tertiary/aromatic N) is 1. The predicted molar refractivity (Wildman–Crippen MR) is 89.0 cm³/mol. The molecule has 126 valence electrons. The first kappa shape index (κ1) is 15.3. The van der Waals surface area contributed by atoms with E-state index in [9.17, 15) is 9.59 Å². The van der Waals surface area contributed by atoms with Gasteiger partial charge in [0, 0.05) is 11.6 Å². The number of nitrogens with one attached hydrogen (secondary N) is 1. The first-order valence-corrected chi connectivity index (χ1v) is 7.79. The number of hydrogen-bond acceptors (Lipinski definition) is 5. The van der Waals surface area contributed by atoms with Crippen LogP contribution in [0.2, 0.25) is 0 Å². The Labute approximate surface area is 143 Å². The summed E-state index contributed by atoms with van der Waals surface area (Å²) in [6, 6.07) is 4.94. The van der Waals surface area contributed by atoms with E-state index >= 15 is 0 Å². The molecular weight excluding hydrogens is 322 g/mol. The summed E-state index contributed by atoms with van der Waals surface area (Å²) in [6.07, 6.45) is 1.59. The van der Waals surface area contributed by atoms with Crippen molar-refractivity contribution in [3.8, 4) is 23.5 Å². The molecule has 3 N–H and O–H groups in total. The Balaban J connectivity index is 1.63. The molecule has 1 aliphatic heterocycles. The number of pyridine rings is 1. The van der Waals surface area contributed by atoms with Crippen LogP contribution in [0.5, 0.6) is 11.6 Å². The molecule has 4 rings (SSSR count). The average Bonchev–Trinajstić information content (AvgIpc) is 2.78. The van der Waals surface area contributed by atoms with Crippen molar-refractivity contribution < 1.29 is 19.1 Å². The Morgan fingerprint density at radius 2 is 2.24 bits per heavy atom. The SMILES string of the molecule is COc1cc2c(OC[C@H]3NC(=O)[C@@H]4C#C[C@H]34)nccc2cc1C(N)=O. The lowest BCUT2D eigenvalue weighted by molar-refractivity contribution is -0.121. The zero-order chi connectivity index (χ0) is 17.6. The molecule has 1 saturated heterocycles. The van der Waals surface area contributed by atoms with Crippen LogP contribution in [-0.4, -0.2) is 36.6 Å². The standard InChI is InChI=1S/C18H15N3O4/c1-24-15-7-12-9(6-13(15)16(19)22)4-5-20-18(12)25-8-14-10-2-3-11(10)17(23)21-14/h4-7,10-11,14H,8H2,1H3,(H2,19,22)(H,21,23)/t10-,11+,14+/m0/s1. The van der Waals surface area contributed by atoms with E-state index in [4.69, 9.17) is 15.2 Å². The Morgan fingerprint density at radius 1 is 1.40 bits per heavy atom. The number of nitrogens with two attached hydrogens (primary N) is 1. The molecular formula is C18H15N3O4. The lowest BCUT2D eigenvalue weighted by Gasteiger charge is -2.20. The van der Waals surface area contributed by atoms with E-state index in [1.54, 1.807) is 24.4 Å². The summed E-state index contributed by atoms with van der Waals surface area (Å²) in [6.45, 7) is 0.271. The number of methoxy groups -OCH3 is 1. The van der Waals surface area contributed by atoms with Gasteiger partial charge in [-0.25, -0.2) is 4.98 Å². The van der Waals surface area contributed by atoms with Gasteiger partial charge in [0.25, 0.3) is 5.91 Å². The van der Waals surface area contributed by atoms with Crippen molar-refractivity contribution in [3.63, 3.8) is 0 Å². The minimum atomic E-state index is -0.568. The fourth-order valence-corrected chi connectivity index (χ4v) is 3.15. The van der Waals surface area contributed by atoms with Gasteiger partial charge in [-0.1, -0.05) is 11.8 Å². The number of carbonyl (C=O) groups is 2. The van der Waals surface area contributed by atoms with Crippen molar-refractivity contribution >= 4 is 22.6 Å². The van der Waals surface area contributed by atoms with Gasteiger partial charge >= 0.3 is 0 Å². The minimum Gasteiger partial charge on any atom is -0.496 e. The van der Waals surface area contributed by atoms with Gasteiger partial charge in [-0.3, -0.25) is 9.59 Å². The first-order chi connectivity index (χ1) is 12.1. The monoisotopic (exact) mass is 337 g/mol. The maximum atomic E-state index is 11.7. The van der Waals surface area contributed by atoms with Crippen LogP contribution in [0.15, 0.2) is 24.4 Å². The Bertz CT molecular complexity index is 960. The quantitative estimate of drug-likeness (QED) is 0.772. The third kappa shape index (κ3) is 2.43. The van der Waals surface area contributed by atoms with Crippen molar-refractivity contribution in [2.75, 3.05) is 13.7 Å². The van der Waals surface area contributed by atoms with Crippen LogP contribution >= 0.6 is 0 Å². The summed E-state index contributed by atoms with van der Waals surface area (Å²) >= 11 is 0. The molecule has 1 aliphatic carbocycles. The van der Waals surface area contributed by atoms with Crippen molar-refractivity contribution in [1.29, 1.82) is 0 Å². The normalized spacial score (nSPS) is 23.1. The van der Waals surface area contributed by atoms with Crippen LogP contribution in [0.1, 0.15) is 10.4 Å². The van der Waals surface area contributed by atoms with Crippen molar-refractivity contribution in [1.82, 2.24) is 10.3 Å². The Morgan fingerprint density at radius 3 is 2.88 bits per heavy atom. The van der Waals surface area contributed by atoms with E-state index < -0.39 is 5.91 Å². The number of rotatable bonds is 5. The summed E-state index contributed by atoms with van der Waals surface area (Å²) in [5.74, 6) is 5.78. The number of aromatic nitrogens is 1. The highest BCUT2D eigenvalue weighted by Gasteiger charge is 2.44. The summed E-state index contributed by atoms with van der Waals surface area (Å²) in [5, 5.41) is 4.34. The summed E-state index contributed by atoms with van der Waals surface area (Å²) in [4.78, 5) is 27.5. The van der Waals surface area contributed by atoms with Crippen LogP contribution < -0.4 is 20.5 Å². The maximum Gasteiger partial charge on any atom is 0.252 e. The van der Waals surface area contributed by atoms with Gasteiger partial charge in [0.15, 0.2) is 0 Å². The topological polar surface area (TPSA) is 104 Å². The second kappa shape index (κ2) is 5.67. The smallest absolute Gasteiger partial charge is 0.252 e. The molecule has 1 fully saturated rings. The average molecular weight is 337 g/mol. The maximum absolute atomic E-state index is 11.7. The van der Waals surface area contributed by atoms with Crippen LogP contribution in [0, 0.1) is 23.7 Å². The number of fused-ring (bicyclic) bond motifs is 2. The van der Waals surface area contributed by atoms with Crippen LogP contribution in [0.4, 0.5) is 0 Å². The highest BCUT2D eigenvalue weighted by Crippen LogP contribution is 2.32. The molecule has 0 bridgehead atoms. The molecule has 0 spiro atoms. The van der Waals surface area contributed by atoms with Crippen molar-refractivity contribution in [2.45, 2.75) is 6.04 Å². The third-order valence-corrected chi connectivity index (χ3v) is 4.52. The number of benzene rings is 1. The lowest BCUT2D eigenvalue weighted by atomic mass is 9.84. The fraction of sp³-hybridized carbons (Fsp3) is 0.278. The van der Waals surface area contributed by atoms with Gasteiger partial charge in [0.05, 0.1) is 24.6 Å². The minimum absolute atomic E-state index is 0.00141. The van der Waals surface area contributed by atoms with Crippen molar-refractivity contribution in [3.05, 3.63) is 30.0 Å². The molecule has 25 heavy (non-hydrogen) atoms. The van der Waals surface area contributed by atoms with Crippen LogP contribution in [-0.2, 0) is 4.79 Å². The van der Waals surface area contributed by atoms with E-state index in [-0.39, 0.29) is 30.4 Å². The largest absolute Gasteiger partial charge is 0.496 e. The highest BCUT2D eigenvalue weighted by molar-refractivity contribution is 6.01. The zero-order valence-electron chi connectivity index (χ0n) is 13.4. The fourth-order valence-electron chi connectivity index (χ4n) is 3.15. The molecule has 0 saturated carbocycles. The number of hydrogen-bond donors (Lipinski definition) is 2. The molecule has 2 aliphatic rings. The Hall–Kier alpha value is -3.27. The van der Waals surface area contributed by atoms with E-state index in [0.717, 1.165) is 5.39 Å². The molecule has 1 aromatic heterocycles. The van der Waals surface area contributed by atoms with Gasteiger partial charge in [0.2, 0.25) is 11.8 Å². The van der Waals surface area contributed by atoms with E-state index in [2.05, 4.69) is 22.1 Å². The zero-order valence-corrected chi connectivity index (χ0v) is 13.4. The molecule has 2 heterocycles. The lowest BCUT2D eigenvalue weighted by Crippen LogP contribution is -2.35. The molecule has 2 aromatic rings. The Kier molecular flexibility index (Phi) is 3.46. The summed E-state index contributed by atoms with van der Waals surface area (Å²) in [7, 11) is 1.47. The number of ether oxygens (including phenoxy) is 2. The molecule has 7 heteroatoms. The van der Waals surface area contributed by atoms with Gasteiger partial charge in [-0.15, -0.1) is 0 Å². The summed E-state index contributed by atoms with van der Waals surface area (Å²) in [5.41, 5.74) is 5.68. The van der Waals surface area contributed by atoms with Gasteiger partial charge in [0.1, 0.15) is 18.3 Å². The number of amides is 2. The number of primary amides is 1. The van der Waals surface area contributed by atoms with Gasteiger partial charge < -0.3 is 20.5 Å². The van der Waals surface area contributed by atoms with Crippen LogP contribution in [0.3, 0.4) is 0 Å². The van der Waals surface area contributed by atoms with E-state index in [0.29, 0.717) is 22.6 Å². The predicted octanol–water partition coefficient (Wildman–Crippen LogP) is 0.469. The van der Waals surface area contributed by atoms with Gasteiger partial charge in [-0.2, -0.15) is 0 Å². The highest BCUT2D eigenvalue weighted by atomic mass is 16.5. The van der Waals surface area contributed by atoms with Gasteiger partial charge in [-0.05, 0) is 23.6 Å². The van der Waals surface area contributed by atoms with E-state index in [1.165, 1.54) is 7.11 Å². The molecule has 7 nitrogen and oxygen atoms in total. The molecule has 3 atom stereocenters. The molecule has 0 radical (unpaired) electrons. The first-order valence-electron chi connectivity index (χ1n) is 7.79. The molecule has 0 unspecified atom stereocenters. The summed E-state index contributed by atoms with van der Waals surface area (Å²) < 4.78 is 11.1. The van der Waals surface area contributed by atoms with E-state index in [1.807, 2.05) is 0 Å².